The number of hydrogen-bond acceptors (Lipinski definition) is 22. The Hall–Kier alpha value is -5.51. The zero-order chi connectivity index (χ0) is 61.9. The molecule has 7 unspecified atom stereocenters. The van der Waals surface area contributed by atoms with Crippen molar-refractivity contribution in [2.75, 3.05) is 72.6 Å². The molecule has 1 aromatic carbocycles. The van der Waals surface area contributed by atoms with Gasteiger partial charge < -0.3 is 95.5 Å². The van der Waals surface area contributed by atoms with Crippen LogP contribution in [0.1, 0.15) is 95.6 Å². The predicted molar refractivity (Wildman–Crippen MR) is 288 cm³/mol. The van der Waals surface area contributed by atoms with Crippen molar-refractivity contribution >= 4 is 47.2 Å². The third-order valence-electron chi connectivity index (χ3n) is 15.7. The number of alkyl halides is 1. The molecule has 1 aromatic rings. The van der Waals surface area contributed by atoms with Crippen molar-refractivity contribution < 1.29 is 107 Å². The number of carbonyl (C=O) groups is 7. The zero-order valence-corrected chi connectivity index (χ0v) is 47.5. The Morgan fingerprint density at radius 1 is 0.774 bits per heavy atom. The highest BCUT2D eigenvalue weighted by molar-refractivity contribution is 5.97. The summed E-state index contributed by atoms with van der Waals surface area (Å²) >= 11 is 0. The lowest BCUT2D eigenvalue weighted by Gasteiger charge is -2.47. The number of likely N-dealkylation sites (tertiary alicyclic amines) is 2. The molecule has 5 rings (SSSR count). The first kappa shape index (κ1) is 69.3. The molecule has 0 spiro atoms. The van der Waals surface area contributed by atoms with Crippen molar-refractivity contribution in [2.24, 2.45) is 34.2 Å². The van der Waals surface area contributed by atoms with Crippen molar-refractivity contribution in [3.05, 3.63) is 31.6 Å². The van der Waals surface area contributed by atoms with Crippen LogP contribution in [-0.2, 0) is 73.1 Å². The highest BCUT2D eigenvalue weighted by atomic mass is 19.1. The smallest absolute Gasteiger partial charge is 0.326 e. The molecule has 0 saturated carbocycles. The third kappa shape index (κ3) is 18.7. The average Bonchev–Trinajstić information content (AvgIpc) is 4.25. The highest BCUT2D eigenvalue weighted by Crippen LogP contribution is 2.34. The Balaban J connectivity index is 1.28. The number of ether oxygens (including phenoxy) is 7. The van der Waals surface area contributed by atoms with Crippen LogP contribution in [0.15, 0.2) is 14.6 Å². The fraction of sp³-hybridized carbons (Fsp3) is 0.778. The van der Waals surface area contributed by atoms with E-state index in [4.69, 9.17) is 44.6 Å². The van der Waals surface area contributed by atoms with E-state index in [1.165, 1.54) is 18.7 Å². The largest absolute Gasteiger partial charge is 0.481 e. The molecule has 84 heavy (non-hydrogen) atoms. The van der Waals surface area contributed by atoms with E-state index in [-0.39, 0.29) is 90.7 Å². The van der Waals surface area contributed by atoms with E-state index in [2.05, 4.69) is 10.3 Å². The van der Waals surface area contributed by atoms with Crippen molar-refractivity contribution in [1.29, 1.82) is 0 Å². The number of Topliss-reactive ketones (excluding diaryl/α,β-unsaturated/α-hetero) is 2. The number of guanidine groups is 1. The molecule has 4 aliphatic heterocycles. The first-order valence-corrected chi connectivity index (χ1v) is 28.4. The van der Waals surface area contributed by atoms with Gasteiger partial charge in [-0.1, -0.05) is 6.92 Å². The molecular weight excluding hydrogens is 1120 g/mol. The number of ketones is 2. The summed E-state index contributed by atoms with van der Waals surface area (Å²) in [6.45, 7) is 3.57. The van der Waals surface area contributed by atoms with Crippen LogP contribution in [0.25, 0.3) is 0 Å². The van der Waals surface area contributed by atoms with E-state index in [1.54, 1.807) is 6.92 Å². The fourth-order valence-electron chi connectivity index (χ4n) is 10.9. The molecule has 4 aliphatic rings. The lowest BCUT2D eigenvalue weighted by molar-refractivity contribution is -0.353. The zero-order valence-electron chi connectivity index (χ0n) is 47.5. The van der Waals surface area contributed by atoms with Gasteiger partial charge in [-0.15, -0.1) is 0 Å². The van der Waals surface area contributed by atoms with Crippen molar-refractivity contribution in [1.82, 2.24) is 15.1 Å². The van der Waals surface area contributed by atoms with Crippen LogP contribution in [0.2, 0.25) is 0 Å². The van der Waals surface area contributed by atoms with Gasteiger partial charge >= 0.3 is 11.9 Å². The SMILES string of the molecule is Cc1c(CCCOCCOCCOCCC(=O)N2CCCC2C(=O)C[C@H](CC(=O)O)C(=O)N[C@H](C(=O)C[C@H](CCCN=C(N)N)C(=O)N2CCCC2C(=O)O)C(C)O[C@H]2OC(CO)[C@H](O)[C@H](O[C@@H]3OC(CF)[C@H](O)[C@H](O)C3O)C2C)c(=O)c1=O. The monoisotopic (exact) mass is 1200 g/mol. The van der Waals surface area contributed by atoms with Gasteiger partial charge in [-0.3, -0.25) is 43.3 Å². The first-order chi connectivity index (χ1) is 39.9. The number of aliphatic hydroxyl groups excluding tert-OH is 5. The number of carboxylic acid groups (broad SMARTS) is 2. The number of carbonyl (C=O) groups excluding carboxylic acids is 5. The number of rotatable bonds is 36. The number of halogens is 1. The Morgan fingerprint density at radius 2 is 1.40 bits per heavy atom. The molecule has 16 atom stereocenters. The molecular formula is C54H83FN6O23. The van der Waals surface area contributed by atoms with Crippen LogP contribution < -0.4 is 27.6 Å². The maximum atomic E-state index is 14.9. The topological polar surface area (TPSA) is 443 Å². The summed E-state index contributed by atoms with van der Waals surface area (Å²) in [5.74, 6) is -10.9. The predicted octanol–water partition coefficient (Wildman–Crippen LogP) is -3.52. The quantitative estimate of drug-likeness (QED) is 0.0135. The van der Waals surface area contributed by atoms with Gasteiger partial charge in [0.05, 0.1) is 76.7 Å². The maximum absolute atomic E-state index is 14.9. The molecule has 474 valence electrons. The summed E-state index contributed by atoms with van der Waals surface area (Å²) in [6.07, 6.45) is -17.4. The van der Waals surface area contributed by atoms with Gasteiger partial charge in [-0.05, 0) is 65.2 Å². The second-order valence-electron chi connectivity index (χ2n) is 21.7. The number of aliphatic hydroxyl groups is 5. The Morgan fingerprint density at radius 3 is 2.02 bits per heavy atom. The average molecular weight is 1200 g/mol. The minimum atomic E-state index is -1.97. The van der Waals surface area contributed by atoms with E-state index >= 15 is 0 Å². The van der Waals surface area contributed by atoms with Gasteiger partial charge in [-0.25, -0.2) is 9.18 Å². The van der Waals surface area contributed by atoms with Gasteiger partial charge in [0.25, 0.3) is 0 Å². The molecule has 30 heteroatoms. The van der Waals surface area contributed by atoms with E-state index in [9.17, 15) is 83.3 Å². The highest BCUT2D eigenvalue weighted by Gasteiger charge is 2.51. The minimum absolute atomic E-state index is 0.00654. The number of aliphatic carboxylic acids is 2. The lowest BCUT2D eigenvalue weighted by Crippen LogP contribution is -2.63. The van der Waals surface area contributed by atoms with E-state index < -0.39 is 182 Å². The number of amides is 3. The van der Waals surface area contributed by atoms with Crippen molar-refractivity contribution in [3.63, 3.8) is 0 Å². The summed E-state index contributed by atoms with van der Waals surface area (Å²) in [6, 6.07) is -4.06. The van der Waals surface area contributed by atoms with Crippen LogP contribution in [0.5, 0.6) is 0 Å². The van der Waals surface area contributed by atoms with E-state index in [1.807, 2.05) is 0 Å². The van der Waals surface area contributed by atoms with Gasteiger partial charge in [-0.2, -0.15) is 0 Å². The number of nitrogens with one attached hydrogen (secondary N) is 1. The van der Waals surface area contributed by atoms with Gasteiger partial charge in [0, 0.05) is 62.0 Å². The van der Waals surface area contributed by atoms with Crippen LogP contribution in [0, 0.1) is 24.7 Å². The molecule has 0 bridgehead atoms. The Kier molecular flexibility index (Phi) is 27.5. The van der Waals surface area contributed by atoms with Gasteiger partial charge in [0.15, 0.2) is 30.1 Å². The summed E-state index contributed by atoms with van der Waals surface area (Å²) < 4.78 is 53.8. The van der Waals surface area contributed by atoms with Crippen molar-refractivity contribution in [3.8, 4) is 0 Å². The molecule has 29 nitrogen and oxygen atoms in total. The Labute approximate surface area is 483 Å². The standard InChI is InChI=1S/C54H83FN6O23/c1-27-32(43(69)42(27)68)9-7-16-78-18-20-80-21-19-79-17-12-39(65)60-14-5-10-33(60)35(63)23-31(24-40(66)67)49(74)59-41(36(64)22-30(8-4-13-58-54(56)57)50(75)61-15-6-11-34(61)51(76)77)29(3)81-52-28(2)48(45(71)38(26-62)83-52)84-53-47(73)46(72)44(70)37(25-55)82-53/h28-31,33-34,37-38,41,44-48,52-53,62,70-73H,4-26H2,1-3H3,(H,59,74)(H,66,67)(H,76,77)(H4,56,57,58)/t28?,29?,30-,31+,33?,34?,37?,38?,41-,44-,45-,46-,47?,48+,52-,53-/m0/s1. The molecule has 4 heterocycles. The molecule has 0 aromatic heterocycles. The number of hydrogen-bond donors (Lipinski definition) is 10. The molecule has 12 N–H and O–H groups in total. The van der Waals surface area contributed by atoms with Gasteiger partial charge in [0.1, 0.15) is 55.4 Å². The summed E-state index contributed by atoms with van der Waals surface area (Å²) in [5.41, 5.74) is 11.1. The second kappa shape index (κ2) is 33.4. The molecule has 0 radical (unpaired) electrons. The summed E-state index contributed by atoms with van der Waals surface area (Å²) in [7, 11) is 0. The van der Waals surface area contributed by atoms with Crippen LogP contribution in [0.4, 0.5) is 4.39 Å². The second-order valence-corrected chi connectivity index (χ2v) is 21.7. The normalized spacial score (nSPS) is 27.7. The molecule has 4 saturated heterocycles. The van der Waals surface area contributed by atoms with E-state index in [0.717, 1.165) is 4.90 Å². The summed E-state index contributed by atoms with van der Waals surface area (Å²) in [4.78, 5) is 125. The molecule has 3 amide bonds. The number of nitrogens with two attached hydrogens (primary N) is 2. The van der Waals surface area contributed by atoms with Crippen LogP contribution in [0.3, 0.4) is 0 Å². The number of carboxylic acids is 2. The number of nitrogens with zero attached hydrogens (tertiary/aromatic N) is 3. The van der Waals surface area contributed by atoms with E-state index in [0.29, 0.717) is 43.4 Å². The summed E-state index contributed by atoms with van der Waals surface area (Å²) in [5, 5.41) is 75.5. The van der Waals surface area contributed by atoms with Crippen LogP contribution in [-0.4, -0.2) is 245 Å². The van der Waals surface area contributed by atoms with Crippen molar-refractivity contribution in [2.45, 2.75) is 177 Å². The first-order valence-electron chi connectivity index (χ1n) is 28.4. The minimum Gasteiger partial charge on any atom is -0.481 e. The third-order valence-corrected chi connectivity index (χ3v) is 15.7. The lowest BCUT2D eigenvalue weighted by atomic mass is 9.89. The van der Waals surface area contributed by atoms with Crippen LogP contribution >= 0.6 is 0 Å². The molecule has 4 fully saturated rings. The maximum Gasteiger partial charge on any atom is 0.326 e. The molecule has 0 aliphatic carbocycles. The van der Waals surface area contributed by atoms with Gasteiger partial charge in [0.2, 0.25) is 28.6 Å². The fourth-order valence-corrected chi connectivity index (χ4v) is 10.9. The number of aliphatic imine (C=N–C) groups is 1. The Bertz CT molecular complexity index is 2480.